The third kappa shape index (κ3) is 1.89. The Hall–Kier alpha value is -0.0800. The first-order valence-corrected chi connectivity index (χ1v) is 5.66. The molecule has 2 aliphatic rings. The van der Waals surface area contributed by atoms with Crippen LogP contribution in [0.1, 0.15) is 32.6 Å². The van der Waals surface area contributed by atoms with Crippen LogP contribution < -0.4 is 0 Å². The molecule has 3 atom stereocenters. The normalized spacial score (nSPS) is 41.5. The van der Waals surface area contributed by atoms with Crippen LogP contribution in [0.4, 0.5) is 0 Å². The quantitative estimate of drug-likeness (QED) is 0.666. The van der Waals surface area contributed by atoms with E-state index < -0.39 is 0 Å². The lowest BCUT2D eigenvalue weighted by molar-refractivity contribution is 0.0147. The van der Waals surface area contributed by atoms with Crippen LogP contribution in [0.2, 0.25) is 0 Å². The summed E-state index contributed by atoms with van der Waals surface area (Å²) in [4.78, 5) is 2.61. The van der Waals surface area contributed by atoms with Gasteiger partial charge in [0.15, 0.2) is 0 Å². The number of rotatable bonds is 1. The molecule has 0 saturated carbocycles. The SMILES string of the molecule is C[C@@H]1CC[C@@H]2[C@@H](CO)CCCN2C1. The van der Waals surface area contributed by atoms with E-state index in [9.17, 15) is 5.11 Å². The van der Waals surface area contributed by atoms with E-state index in [1.54, 1.807) is 0 Å². The Morgan fingerprint density at radius 3 is 2.92 bits per heavy atom. The molecule has 0 aromatic rings. The molecule has 0 aromatic carbocycles. The number of aliphatic hydroxyl groups excluding tert-OH is 1. The van der Waals surface area contributed by atoms with E-state index >= 15 is 0 Å². The predicted octanol–water partition coefficient (Wildman–Crippen LogP) is 1.49. The first-order chi connectivity index (χ1) is 6.31. The van der Waals surface area contributed by atoms with E-state index in [0.717, 1.165) is 5.92 Å². The Labute approximate surface area is 80.9 Å². The maximum atomic E-state index is 9.27. The molecule has 2 nitrogen and oxygen atoms in total. The van der Waals surface area contributed by atoms with Gasteiger partial charge in [0.25, 0.3) is 0 Å². The molecule has 0 radical (unpaired) electrons. The second-order valence-corrected chi connectivity index (χ2v) is 4.83. The van der Waals surface area contributed by atoms with E-state index in [1.165, 1.54) is 38.8 Å². The Bertz CT molecular complexity index is 171. The summed E-state index contributed by atoms with van der Waals surface area (Å²) in [6, 6.07) is 0.704. The van der Waals surface area contributed by atoms with Gasteiger partial charge in [-0.05, 0) is 44.1 Å². The molecule has 0 aliphatic carbocycles. The van der Waals surface area contributed by atoms with Crippen molar-refractivity contribution >= 4 is 0 Å². The molecular formula is C11H21NO. The second kappa shape index (κ2) is 3.97. The van der Waals surface area contributed by atoms with Gasteiger partial charge in [0.05, 0.1) is 0 Å². The smallest absolute Gasteiger partial charge is 0.0474 e. The summed E-state index contributed by atoms with van der Waals surface area (Å²) < 4.78 is 0. The van der Waals surface area contributed by atoms with Crippen molar-refractivity contribution in [1.82, 2.24) is 4.90 Å². The van der Waals surface area contributed by atoms with Crippen LogP contribution in [0.25, 0.3) is 0 Å². The Kier molecular flexibility index (Phi) is 2.89. The number of hydrogen-bond acceptors (Lipinski definition) is 2. The highest BCUT2D eigenvalue weighted by atomic mass is 16.3. The lowest BCUT2D eigenvalue weighted by Gasteiger charge is -2.45. The number of aliphatic hydroxyl groups is 1. The van der Waals surface area contributed by atoms with Crippen molar-refractivity contribution in [2.45, 2.75) is 38.6 Å². The summed E-state index contributed by atoms with van der Waals surface area (Å²) >= 11 is 0. The van der Waals surface area contributed by atoms with Crippen molar-refractivity contribution < 1.29 is 5.11 Å². The molecule has 0 spiro atoms. The summed E-state index contributed by atoms with van der Waals surface area (Å²) in [5.41, 5.74) is 0. The highest BCUT2D eigenvalue weighted by Crippen LogP contribution is 2.32. The van der Waals surface area contributed by atoms with Gasteiger partial charge in [-0.25, -0.2) is 0 Å². The molecule has 2 fully saturated rings. The van der Waals surface area contributed by atoms with Gasteiger partial charge in [-0.1, -0.05) is 6.92 Å². The van der Waals surface area contributed by atoms with Crippen LogP contribution in [0, 0.1) is 11.8 Å². The molecule has 2 heterocycles. The van der Waals surface area contributed by atoms with Gasteiger partial charge in [-0.3, -0.25) is 4.90 Å². The maximum Gasteiger partial charge on any atom is 0.0474 e. The third-order valence-corrected chi connectivity index (χ3v) is 3.77. The van der Waals surface area contributed by atoms with Crippen molar-refractivity contribution in [3.05, 3.63) is 0 Å². The maximum absolute atomic E-state index is 9.27. The van der Waals surface area contributed by atoms with E-state index in [1.807, 2.05) is 0 Å². The summed E-state index contributed by atoms with van der Waals surface area (Å²) in [5, 5.41) is 9.27. The van der Waals surface area contributed by atoms with E-state index in [0.29, 0.717) is 18.6 Å². The fraction of sp³-hybridized carbons (Fsp3) is 1.00. The third-order valence-electron chi connectivity index (χ3n) is 3.77. The fourth-order valence-electron chi connectivity index (χ4n) is 3.02. The molecule has 2 aliphatic heterocycles. The molecule has 1 N–H and O–H groups in total. The van der Waals surface area contributed by atoms with Crippen LogP contribution in [0.15, 0.2) is 0 Å². The molecule has 2 heteroatoms. The van der Waals surface area contributed by atoms with Crippen molar-refractivity contribution in [2.75, 3.05) is 19.7 Å². The van der Waals surface area contributed by atoms with Crippen LogP contribution in [0.5, 0.6) is 0 Å². The van der Waals surface area contributed by atoms with E-state index in [4.69, 9.17) is 0 Å². The molecule has 76 valence electrons. The van der Waals surface area contributed by atoms with Gasteiger partial charge >= 0.3 is 0 Å². The van der Waals surface area contributed by atoms with E-state index in [2.05, 4.69) is 11.8 Å². The summed E-state index contributed by atoms with van der Waals surface area (Å²) in [7, 11) is 0. The molecule has 0 aromatic heterocycles. The summed E-state index contributed by atoms with van der Waals surface area (Å²) in [6.07, 6.45) is 5.20. The zero-order chi connectivity index (χ0) is 9.26. The zero-order valence-electron chi connectivity index (χ0n) is 8.58. The van der Waals surface area contributed by atoms with Gasteiger partial charge < -0.3 is 5.11 Å². The molecule has 0 bridgehead atoms. The number of fused-ring (bicyclic) bond motifs is 1. The average Bonchev–Trinajstić information content (AvgIpc) is 2.16. The highest BCUT2D eigenvalue weighted by molar-refractivity contribution is 4.88. The molecule has 0 amide bonds. The minimum absolute atomic E-state index is 0.398. The topological polar surface area (TPSA) is 23.5 Å². The van der Waals surface area contributed by atoms with Crippen LogP contribution >= 0.6 is 0 Å². The molecule has 2 saturated heterocycles. The van der Waals surface area contributed by atoms with Gasteiger partial charge in [-0.15, -0.1) is 0 Å². The highest BCUT2D eigenvalue weighted by Gasteiger charge is 2.34. The van der Waals surface area contributed by atoms with Gasteiger partial charge in [-0.2, -0.15) is 0 Å². The summed E-state index contributed by atoms with van der Waals surface area (Å²) in [6.45, 7) is 5.28. The fourth-order valence-corrected chi connectivity index (χ4v) is 3.02. The monoisotopic (exact) mass is 183 g/mol. The second-order valence-electron chi connectivity index (χ2n) is 4.83. The van der Waals surface area contributed by atoms with Crippen LogP contribution in [0.3, 0.4) is 0 Å². The van der Waals surface area contributed by atoms with Crippen molar-refractivity contribution in [1.29, 1.82) is 0 Å². The van der Waals surface area contributed by atoms with Crippen LogP contribution in [-0.2, 0) is 0 Å². The lowest BCUT2D eigenvalue weighted by Crippen LogP contribution is -2.50. The number of piperidine rings is 2. The zero-order valence-corrected chi connectivity index (χ0v) is 8.58. The predicted molar refractivity (Wildman–Crippen MR) is 53.6 cm³/mol. The lowest BCUT2D eigenvalue weighted by atomic mass is 9.81. The first kappa shape index (κ1) is 9.47. The van der Waals surface area contributed by atoms with Crippen molar-refractivity contribution in [3.63, 3.8) is 0 Å². The molecule has 13 heavy (non-hydrogen) atoms. The van der Waals surface area contributed by atoms with Gasteiger partial charge in [0, 0.05) is 19.2 Å². The minimum Gasteiger partial charge on any atom is -0.396 e. The Balaban J connectivity index is 1.99. The van der Waals surface area contributed by atoms with Crippen LogP contribution in [-0.4, -0.2) is 35.7 Å². The van der Waals surface area contributed by atoms with Crippen molar-refractivity contribution in [2.24, 2.45) is 11.8 Å². The standard InChI is InChI=1S/C11H21NO/c1-9-4-5-11-10(8-13)3-2-6-12(11)7-9/h9-11,13H,2-8H2,1H3/t9-,10-,11-/m1/s1. The largest absolute Gasteiger partial charge is 0.396 e. The minimum atomic E-state index is 0.398. The van der Waals surface area contributed by atoms with Gasteiger partial charge in [0.1, 0.15) is 0 Å². The first-order valence-electron chi connectivity index (χ1n) is 5.66. The van der Waals surface area contributed by atoms with Crippen molar-refractivity contribution in [3.8, 4) is 0 Å². The Morgan fingerprint density at radius 2 is 2.15 bits per heavy atom. The average molecular weight is 183 g/mol. The molecular weight excluding hydrogens is 162 g/mol. The number of hydrogen-bond donors (Lipinski definition) is 1. The molecule has 0 unspecified atom stereocenters. The van der Waals surface area contributed by atoms with Gasteiger partial charge in [0.2, 0.25) is 0 Å². The Morgan fingerprint density at radius 1 is 1.31 bits per heavy atom. The molecule has 2 rings (SSSR count). The number of nitrogens with zero attached hydrogens (tertiary/aromatic N) is 1. The van der Waals surface area contributed by atoms with E-state index in [-0.39, 0.29) is 0 Å². The summed E-state index contributed by atoms with van der Waals surface area (Å²) in [5.74, 6) is 1.44.